The van der Waals surface area contributed by atoms with Gasteiger partial charge < -0.3 is 5.73 Å². The Labute approximate surface area is 101 Å². The van der Waals surface area contributed by atoms with E-state index in [4.69, 9.17) is 5.73 Å². The van der Waals surface area contributed by atoms with E-state index >= 15 is 0 Å². The van der Waals surface area contributed by atoms with Gasteiger partial charge in [0.1, 0.15) is 0 Å². The van der Waals surface area contributed by atoms with Gasteiger partial charge in [-0.2, -0.15) is 0 Å². The van der Waals surface area contributed by atoms with Crippen molar-refractivity contribution < 1.29 is 0 Å². The highest BCUT2D eigenvalue weighted by Gasteiger charge is 2.32. The molecular weight excluding hydrogens is 194 g/mol. The minimum Gasteiger partial charge on any atom is -0.328 e. The molecule has 0 heterocycles. The molecule has 2 fully saturated rings. The largest absolute Gasteiger partial charge is 0.328 e. The lowest BCUT2D eigenvalue weighted by Gasteiger charge is -2.37. The topological polar surface area (TPSA) is 26.0 Å². The molecule has 0 aromatic heterocycles. The van der Waals surface area contributed by atoms with Gasteiger partial charge in [0.2, 0.25) is 0 Å². The molecule has 0 saturated heterocycles. The van der Waals surface area contributed by atoms with E-state index in [-0.39, 0.29) is 0 Å². The second kappa shape index (κ2) is 6.05. The molecular formula is C15H29N. The van der Waals surface area contributed by atoms with Crippen LogP contribution in [0.15, 0.2) is 0 Å². The Kier molecular flexibility index (Phi) is 4.69. The van der Waals surface area contributed by atoms with E-state index < -0.39 is 0 Å². The molecule has 1 heteroatoms. The first-order chi connectivity index (χ1) is 7.81. The van der Waals surface area contributed by atoms with Crippen molar-refractivity contribution in [3.63, 3.8) is 0 Å². The van der Waals surface area contributed by atoms with E-state index in [1.54, 1.807) is 0 Å². The first-order valence-electron chi connectivity index (χ1n) is 7.56. The van der Waals surface area contributed by atoms with Crippen molar-refractivity contribution in [3.8, 4) is 0 Å². The van der Waals surface area contributed by atoms with Crippen LogP contribution >= 0.6 is 0 Å². The summed E-state index contributed by atoms with van der Waals surface area (Å²) < 4.78 is 0. The normalized spacial score (nSPS) is 41.6. The van der Waals surface area contributed by atoms with Crippen molar-refractivity contribution in [1.29, 1.82) is 0 Å². The number of nitrogens with two attached hydrogens (primary N) is 1. The zero-order chi connectivity index (χ0) is 11.4. The van der Waals surface area contributed by atoms with Gasteiger partial charge in [0.15, 0.2) is 0 Å². The first-order valence-corrected chi connectivity index (χ1v) is 7.56. The Morgan fingerprint density at radius 1 is 0.938 bits per heavy atom. The highest BCUT2D eigenvalue weighted by Crippen LogP contribution is 2.41. The van der Waals surface area contributed by atoms with Gasteiger partial charge in [-0.25, -0.2) is 0 Å². The summed E-state index contributed by atoms with van der Waals surface area (Å²) in [6.45, 7) is 2.39. The Balaban J connectivity index is 1.96. The molecule has 4 unspecified atom stereocenters. The molecule has 0 aliphatic heterocycles. The fourth-order valence-corrected chi connectivity index (χ4v) is 4.19. The SMILES string of the molecule is CCC1CCCCC1C1CCCCC(N)C1. The van der Waals surface area contributed by atoms with Crippen LogP contribution in [0.4, 0.5) is 0 Å². The molecule has 16 heavy (non-hydrogen) atoms. The van der Waals surface area contributed by atoms with Crippen LogP contribution in [-0.2, 0) is 0 Å². The number of rotatable bonds is 2. The Hall–Kier alpha value is -0.0400. The summed E-state index contributed by atoms with van der Waals surface area (Å²) in [6, 6.07) is 0.506. The van der Waals surface area contributed by atoms with Gasteiger partial charge in [-0.3, -0.25) is 0 Å². The second-order valence-corrected chi connectivity index (χ2v) is 6.16. The van der Waals surface area contributed by atoms with Crippen molar-refractivity contribution in [2.24, 2.45) is 23.5 Å². The Morgan fingerprint density at radius 3 is 2.44 bits per heavy atom. The molecule has 0 aromatic rings. The van der Waals surface area contributed by atoms with Crippen molar-refractivity contribution in [2.45, 2.75) is 77.2 Å². The lowest BCUT2D eigenvalue weighted by Crippen LogP contribution is -2.30. The average molecular weight is 223 g/mol. The summed E-state index contributed by atoms with van der Waals surface area (Å²) in [5, 5.41) is 0. The summed E-state index contributed by atoms with van der Waals surface area (Å²) in [5.41, 5.74) is 6.22. The molecule has 2 saturated carbocycles. The van der Waals surface area contributed by atoms with Gasteiger partial charge >= 0.3 is 0 Å². The molecule has 2 aliphatic carbocycles. The van der Waals surface area contributed by atoms with Crippen molar-refractivity contribution in [2.75, 3.05) is 0 Å². The van der Waals surface area contributed by atoms with E-state index in [2.05, 4.69) is 6.92 Å². The van der Waals surface area contributed by atoms with E-state index in [9.17, 15) is 0 Å². The lowest BCUT2D eigenvalue weighted by molar-refractivity contribution is 0.140. The second-order valence-electron chi connectivity index (χ2n) is 6.16. The summed E-state index contributed by atoms with van der Waals surface area (Å²) >= 11 is 0. The molecule has 4 atom stereocenters. The van der Waals surface area contributed by atoms with Crippen LogP contribution in [0.5, 0.6) is 0 Å². The zero-order valence-electron chi connectivity index (χ0n) is 11.0. The molecule has 94 valence electrons. The van der Waals surface area contributed by atoms with E-state index in [0.29, 0.717) is 6.04 Å². The maximum atomic E-state index is 6.22. The molecule has 2 aliphatic rings. The fourth-order valence-electron chi connectivity index (χ4n) is 4.19. The van der Waals surface area contributed by atoms with E-state index in [1.807, 2.05) is 0 Å². The van der Waals surface area contributed by atoms with Crippen LogP contribution in [0.2, 0.25) is 0 Å². The summed E-state index contributed by atoms with van der Waals surface area (Å²) in [4.78, 5) is 0. The maximum absolute atomic E-state index is 6.22. The van der Waals surface area contributed by atoms with Crippen LogP contribution in [-0.4, -0.2) is 6.04 Å². The number of hydrogen-bond acceptors (Lipinski definition) is 1. The van der Waals surface area contributed by atoms with Gasteiger partial charge in [-0.1, -0.05) is 51.9 Å². The fraction of sp³-hybridized carbons (Fsp3) is 1.00. The zero-order valence-corrected chi connectivity index (χ0v) is 11.0. The molecule has 0 aromatic carbocycles. The first kappa shape index (κ1) is 12.4. The van der Waals surface area contributed by atoms with E-state index in [0.717, 1.165) is 17.8 Å². The van der Waals surface area contributed by atoms with E-state index in [1.165, 1.54) is 64.2 Å². The third kappa shape index (κ3) is 3.00. The monoisotopic (exact) mass is 223 g/mol. The quantitative estimate of drug-likeness (QED) is 0.700. The Bertz CT molecular complexity index is 202. The van der Waals surface area contributed by atoms with Crippen LogP contribution in [0.1, 0.15) is 71.1 Å². The minimum atomic E-state index is 0.506. The number of hydrogen-bond donors (Lipinski definition) is 1. The van der Waals surface area contributed by atoms with Crippen molar-refractivity contribution in [3.05, 3.63) is 0 Å². The third-order valence-electron chi connectivity index (χ3n) is 5.10. The summed E-state index contributed by atoms with van der Waals surface area (Å²) in [6.07, 6.45) is 14.2. The van der Waals surface area contributed by atoms with Crippen LogP contribution < -0.4 is 5.73 Å². The van der Waals surface area contributed by atoms with Gasteiger partial charge in [-0.15, -0.1) is 0 Å². The molecule has 0 radical (unpaired) electrons. The van der Waals surface area contributed by atoms with Gasteiger partial charge in [0.25, 0.3) is 0 Å². The lowest BCUT2D eigenvalue weighted by atomic mass is 9.69. The molecule has 0 amide bonds. The van der Waals surface area contributed by atoms with Gasteiger partial charge in [0, 0.05) is 6.04 Å². The Morgan fingerprint density at radius 2 is 1.62 bits per heavy atom. The highest BCUT2D eigenvalue weighted by molar-refractivity contribution is 4.84. The summed E-state index contributed by atoms with van der Waals surface area (Å²) in [7, 11) is 0. The predicted octanol–water partition coefficient (Wildman–Crippen LogP) is 4.11. The van der Waals surface area contributed by atoms with Gasteiger partial charge in [0.05, 0.1) is 0 Å². The van der Waals surface area contributed by atoms with Crippen molar-refractivity contribution in [1.82, 2.24) is 0 Å². The van der Waals surface area contributed by atoms with Crippen molar-refractivity contribution >= 4 is 0 Å². The maximum Gasteiger partial charge on any atom is 0.00415 e. The van der Waals surface area contributed by atoms with Crippen LogP contribution in [0.3, 0.4) is 0 Å². The van der Waals surface area contributed by atoms with Gasteiger partial charge in [-0.05, 0) is 37.0 Å². The van der Waals surface area contributed by atoms with Crippen LogP contribution in [0.25, 0.3) is 0 Å². The standard InChI is InChI=1S/C15H29N/c1-2-12-7-4-6-10-15(12)13-8-3-5-9-14(16)11-13/h12-15H,2-11,16H2,1H3. The molecule has 1 nitrogen and oxygen atoms in total. The molecule has 2 N–H and O–H groups in total. The smallest absolute Gasteiger partial charge is 0.00415 e. The molecule has 2 rings (SSSR count). The molecule has 0 bridgehead atoms. The minimum absolute atomic E-state index is 0.506. The molecule has 0 spiro atoms. The summed E-state index contributed by atoms with van der Waals surface area (Å²) in [5.74, 6) is 3.00. The van der Waals surface area contributed by atoms with Crippen LogP contribution in [0, 0.1) is 17.8 Å². The third-order valence-corrected chi connectivity index (χ3v) is 5.10. The predicted molar refractivity (Wildman–Crippen MR) is 70.3 cm³/mol. The average Bonchev–Trinajstić information content (AvgIpc) is 2.54. The highest BCUT2D eigenvalue weighted by atomic mass is 14.6.